The summed E-state index contributed by atoms with van der Waals surface area (Å²) in [5.74, 6) is -0.275. The fraction of sp³-hybridized carbons (Fsp3) is 0.800. The van der Waals surface area contributed by atoms with Crippen molar-refractivity contribution in [2.24, 2.45) is 5.92 Å². The molecule has 0 aromatic rings. The predicted octanol–water partition coefficient (Wildman–Crippen LogP) is 2.01. The lowest BCUT2D eigenvalue weighted by molar-refractivity contribution is -0.154. The first kappa shape index (κ1) is 12.3. The molecule has 1 saturated heterocycles. The van der Waals surface area contributed by atoms with Gasteiger partial charge < -0.3 is 9.64 Å². The molecule has 15 heavy (non-hydrogen) atoms. The fourth-order valence-corrected chi connectivity index (χ4v) is 1.62. The van der Waals surface area contributed by atoms with Gasteiger partial charge in [0.05, 0.1) is 5.92 Å². The molecule has 86 valence electrons. The van der Waals surface area contributed by atoms with Crippen molar-refractivity contribution in [2.75, 3.05) is 13.1 Å². The second-order valence-corrected chi connectivity index (χ2v) is 4.35. The third kappa shape index (κ3) is 3.70. The third-order valence-electron chi connectivity index (χ3n) is 2.44. The highest BCUT2D eigenvalue weighted by molar-refractivity contribution is 6.62. The van der Waals surface area contributed by atoms with E-state index in [2.05, 4.69) is 0 Å². The number of amides is 1. The molecule has 5 heteroatoms. The SMILES string of the molecule is CC(C)C(=O)OC1CCN(C(=O)Cl)CC1. The molecule has 1 fully saturated rings. The van der Waals surface area contributed by atoms with Crippen LogP contribution in [0.2, 0.25) is 0 Å². The highest BCUT2D eigenvalue weighted by Crippen LogP contribution is 2.16. The summed E-state index contributed by atoms with van der Waals surface area (Å²) < 4.78 is 5.26. The molecule has 1 amide bonds. The number of piperidine rings is 1. The lowest BCUT2D eigenvalue weighted by Crippen LogP contribution is -2.39. The van der Waals surface area contributed by atoms with Crippen LogP contribution in [0.25, 0.3) is 0 Å². The molecular weight excluding hydrogens is 218 g/mol. The van der Waals surface area contributed by atoms with Crippen LogP contribution in [0.15, 0.2) is 0 Å². The maximum absolute atomic E-state index is 11.3. The Bertz CT molecular complexity index is 247. The third-order valence-corrected chi connectivity index (χ3v) is 2.68. The van der Waals surface area contributed by atoms with Crippen LogP contribution in [0, 0.1) is 5.92 Å². The van der Waals surface area contributed by atoms with Gasteiger partial charge in [-0.25, -0.2) is 0 Å². The number of carbonyl (C=O) groups is 2. The Labute approximate surface area is 94.5 Å². The fourth-order valence-electron chi connectivity index (χ4n) is 1.45. The first-order chi connectivity index (χ1) is 7.00. The Morgan fingerprint density at radius 1 is 1.33 bits per heavy atom. The first-order valence-corrected chi connectivity index (χ1v) is 5.53. The van der Waals surface area contributed by atoms with Gasteiger partial charge in [0.1, 0.15) is 6.10 Å². The van der Waals surface area contributed by atoms with Gasteiger partial charge in [-0.3, -0.25) is 9.59 Å². The minimum absolute atomic E-state index is 0.0628. The van der Waals surface area contributed by atoms with Crippen LogP contribution in [0.4, 0.5) is 4.79 Å². The van der Waals surface area contributed by atoms with Gasteiger partial charge in [0.15, 0.2) is 0 Å². The van der Waals surface area contributed by atoms with E-state index in [4.69, 9.17) is 16.3 Å². The summed E-state index contributed by atoms with van der Waals surface area (Å²) in [6, 6.07) is 0. The predicted molar refractivity (Wildman–Crippen MR) is 56.8 cm³/mol. The van der Waals surface area contributed by atoms with E-state index in [0.717, 1.165) is 0 Å². The quantitative estimate of drug-likeness (QED) is 0.416. The number of nitrogens with zero attached hydrogens (tertiary/aromatic N) is 1. The number of rotatable bonds is 2. The van der Waals surface area contributed by atoms with Crippen molar-refractivity contribution in [3.8, 4) is 0 Å². The molecule has 0 aromatic heterocycles. The largest absolute Gasteiger partial charge is 0.462 e. The van der Waals surface area contributed by atoms with Crippen LogP contribution in [-0.4, -0.2) is 35.4 Å². The van der Waals surface area contributed by atoms with Crippen molar-refractivity contribution < 1.29 is 14.3 Å². The smallest absolute Gasteiger partial charge is 0.316 e. The molecule has 1 rings (SSSR count). The van der Waals surface area contributed by atoms with Gasteiger partial charge in [-0.05, 0) is 11.6 Å². The number of halogens is 1. The topological polar surface area (TPSA) is 46.6 Å². The monoisotopic (exact) mass is 233 g/mol. The molecule has 1 aliphatic rings. The van der Waals surface area contributed by atoms with Crippen LogP contribution >= 0.6 is 11.6 Å². The normalized spacial score (nSPS) is 18.0. The Hall–Kier alpha value is -0.770. The Kier molecular flexibility index (Phi) is 4.39. The van der Waals surface area contributed by atoms with Gasteiger partial charge in [0.2, 0.25) is 0 Å². The molecule has 0 N–H and O–H groups in total. The minimum Gasteiger partial charge on any atom is -0.462 e. The van der Waals surface area contributed by atoms with Gasteiger partial charge in [0.25, 0.3) is 0 Å². The Balaban J connectivity index is 2.32. The molecule has 0 unspecified atom stereocenters. The second kappa shape index (κ2) is 5.35. The molecule has 1 aliphatic heterocycles. The lowest BCUT2D eigenvalue weighted by atomic mass is 10.1. The molecule has 0 radical (unpaired) electrons. The summed E-state index contributed by atoms with van der Waals surface area (Å²) in [4.78, 5) is 23.7. The Morgan fingerprint density at radius 3 is 2.27 bits per heavy atom. The average molecular weight is 234 g/mol. The molecule has 0 aliphatic carbocycles. The van der Waals surface area contributed by atoms with Crippen LogP contribution in [-0.2, 0) is 9.53 Å². The highest BCUT2D eigenvalue weighted by Gasteiger charge is 2.24. The number of esters is 1. The standard InChI is InChI=1S/C10H16ClNO3/c1-7(2)9(13)15-8-3-5-12(6-4-8)10(11)14/h7-8H,3-6H2,1-2H3. The summed E-state index contributed by atoms with van der Waals surface area (Å²) in [7, 11) is 0. The first-order valence-electron chi connectivity index (χ1n) is 5.15. The Morgan fingerprint density at radius 2 is 1.87 bits per heavy atom. The maximum Gasteiger partial charge on any atom is 0.316 e. The van der Waals surface area contributed by atoms with E-state index in [-0.39, 0.29) is 18.0 Å². The van der Waals surface area contributed by atoms with Crippen molar-refractivity contribution >= 4 is 22.9 Å². The zero-order valence-electron chi connectivity index (χ0n) is 9.03. The van der Waals surface area contributed by atoms with E-state index in [1.165, 1.54) is 0 Å². The average Bonchev–Trinajstić information content (AvgIpc) is 2.18. The van der Waals surface area contributed by atoms with Crippen LogP contribution in [0.5, 0.6) is 0 Å². The number of hydrogen-bond acceptors (Lipinski definition) is 3. The number of carbonyl (C=O) groups excluding carboxylic acids is 2. The summed E-state index contributed by atoms with van der Waals surface area (Å²) in [6.45, 7) is 4.75. The molecule has 4 nitrogen and oxygen atoms in total. The molecule has 1 heterocycles. The maximum atomic E-state index is 11.3. The van der Waals surface area contributed by atoms with Crippen molar-refractivity contribution in [3.63, 3.8) is 0 Å². The van der Waals surface area contributed by atoms with Crippen LogP contribution in [0.1, 0.15) is 26.7 Å². The molecular formula is C10H16ClNO3. The van der Waals surface area contributed by atoms with Crippen molar-refractivity contribution in [1.82, 2.24) is 4.90 Å². The van der Waals surface area contributed by atoms with E-state index >= 15 is 0 Å². The van der Waals surface area contributed by atoms with Gasteiger partial charge in [-0.1, -0.05) is 13.8 Å². The summed E-state index contributed by atoms with van der Waals surface area (Å²) in [6.07, 6.45) is 1.29. The van der Waals surface area contributed by atoms with E-state index in [1.54, 1.807) is 18.7 Å². The molecule has 0 aromatic carbocycles. The van der Waals surface area contributed by atoms with Gasteiger partial charge in [-0.15, -0.1) is 0 Å². The minimum atomic E-state index is -0.427. The molecule has 0 saturated carbocycles. The lowest BCUT2D eigenvalue weighted by Gasteiger charge is -2.30. The van der Waals surface area contributed by atoms with Crippen molar-refractivity contribution in [3.05, 3.63) is 0 Å². The number of hydrogen-bond donors (Lipinski definition) is 0. The molecule has 0 spiro atoms. The second-order valence-electron chi connectivity index (χ2n) is 4.03. The van der Waals surface area contributed by atoms with Gasteiger partial charge >= 0.3 is 11.3 Å². The van der Waals surface area contributed by atoms with Gasteiger partial charge in [0, 0.05) is 25.9 Å². The summed E-state index contributed by atoms with van der Waals surface area (Å²) in [5, 5.41) is -0.427. The van der Waals surface area contributed by atoms with E-state index in [0.29, 0.717) is 25.9 Å². The van der Waals surface area contributed by atoms with Crippen molar-refractivity contribution in [2.45, 2.75) is 32.8 Å². The summed E-state index contributed by atoms with van der Waals surface area (Å²) >= 11 is 5.34. The number of ether oxygens (including phenoxy) is 1. The highest BCUT2D eigenvalue weighted by atomic mass is 35.5. The van der Waals surface area contributed by atoms with Crippen LogP contribution < -0.4 is 0 Å². The zero-order chi connectivity index (χ0) is 11.4. The van der Waals surface area contributed by atoms with Crippen molar-refractivity contribution in [1.29, 1.82) is 0 Å². The van der Waals surface area contributed by atoms with E-state index in [9.17, 15) is 9.59 Å². The number of likely N-dealkylation sites (tertiary alicyclic amines) is 1. The van der Waals surface area contributed by atoms with E-state index in [1.807, 2.05) is 0 Å². The van der Waals surface area contributed by atoms with Crippen LogP contribution in [0.3, 0.4) is 0 Å². The zero-order valence-corrected chi connectivity index (χ0v) is 9.79. The van der Waals surface area contributed by atoms with Gasteiger partial charge in [-0.2, -0.15) is 0 Å². The molecule has 0 bridgehead atoms. The summed E-state index contributed by atoms with van der Waals surface area (Å²) in [5.41, 5.74) is 0. The van der Waals surface area contributed by atoms with E-state index < -0.39 is 5.37 Å². The molecule has 0 atom stereocenters.